The number of isothiocyanates is 1. The normalized spacial score (nSPS) is 18.9. The lowest BCUT2D eigenvalue weighted by Gasteiger charge is -2.31. The first-order chi connectivity index (χ1) is 13.2. The number of hydrogen-bond donors (Lipinski definition) is 0. The van der Waals surface area contributed by atoms with E-state index in [2.05, 4.69) is 27.1 Å². The van der Waals surface area contributed by atoms with Gasteiger partial charge in [0, 0.05) is 5.56 Å². The molecule has 2 aromatic carbocycles. The van der Waals surface area contributed by atoms with Crippen LogP contribution in [0.25, 0.3) is 11.1 Å². The van der Waals surface area contributed by atoms with Crippen molar-refractivity contribution in [3.63, 3.8) is 0 Å². The summed E-state index contributed by atoms with van der Waals surface area (Å²) in [5.74, 6) is -2.69. The molecule has 28 heavy (non-hydrogen) atoms. The molecule has 148 valence electrons. The summed E-state index contributed by atoms with van der Waals surface area (Å²) < 4.78 is 73.9. The van der Waals surface area contributed by atoms with E-state index in [1.54, 1.807) is 6.07 Å². The van der Waals surface area contributed by atoms with Gasteiger partial charge < -0.3 is 9.47 Å². The molecule has 1 fully saturated rings. The van der Waals surface area contributed by atoms with E-state index >= 15 is 0 Å². The van der Waals surface area contributed by atoms with Gasteiger partial charge in [-0.2, -0.15) is 0 Å². The van der Waals surface area contributed by atoms with Gasteiger partial charge in [0.25, 0.3) is 0 Å². The minimum absolute atomic E-state index is 0.0218. The molecular weight excluding hydrogens is 401 g/mol. The van der Waals surface area contributed by atoms with Crippen molar-refractivity contribution in [2.45, 2.75) is 38.0 Å². The molecule has 0 amide bonds. The molecule has 0 N–H and O–H groups in total. The molecule has 9 heteroatoms. The number of alkyl halides is 3. The fourth-order valence-corrected chi connectivity index (χ4v) is 2.94. The van der Waals surface area contributed by atoms with E-state index in [9.17, 15) is 22.0 Å². The van der Waals surface area contributed by atoms with Crippen molar-refractivity contribution in [1.29, 1.82) is 0 Å². The summed E-state index contributed by atoms with van der Waals surface area (Å²) in [7, 11) is 0. The maximum atomic E-state index is 14.3. The summed E-state index contributed by atoms with van der Waals surface area (Å²) in [5.41, 5.74) is 0.860. The number of halogens is 5. The second kappa shape index (κ2) is 8.34. The van der Waals surface area contributed by atoms with Crippen LogP contribution in [0.15, 0.2) is 41.4 Å². The van der Waals surface area contributed by atoms with Crippen molar-refractivity contribution >= 4 is 17.4 Å². The molecule has 0 aromatic heterocycles. The Morgan fingerprint density at radius 2 is 1.68 bits per heavy atom. The largest absolute Gasteiger partial charge is 0.573 e. The summed E-state index contributed by atoms with van der Waals surface area (Å²) in [6.07, 6.45) is -3.61. The zero-order valence-corrected chi connectivity index (χ0v) is 15.1. The minimum atomic E-state index is -4.99. The Morgan fingerprint density at radius 3 is 2.25 bits per heavy atom. The zero-order valence-electron chi connectivity index (χ0n) is 14.3. The molecule has 1 saturated carbocycles. The highest BCUT2D eigenvalue weighted by Gasteiger charge is 2.32. The molecule has 3 nitrogen and oxygen atoms in total. The third-order valence-corrected chi connectivity index (χ3v) is 4.43. The van der Waals surface area contributed by atoms with Crippen molar-refractivity contribution < 1.29 is 31.4 Å². The topological polar surface area (TPSA) is 30.8 Å². The molecule has 0 saturated heterocycles. The lowest BCUT2D eigenvalue weighted by atomic mass is 9.90. The number of ether oxygens (including phenoxy) is 2. The molecule has 0 radical (unpaired) electrons. The molecular formula is C19H14F5NO2S. The highest BCUT2D eigenvalue weighted by atomic mass is 32.1. The van der Waals surface area contributed by atoms with E-state index in [-0.39, 0.29) is 24.3 Å². The Bertz CT molecular complexity index is 906. The average Bonchev–Trinajstić information content (AvgIpc) is 2.58. The van der Waals surface area contributed by atoms with Crippen molar-refractivity contribution in [3.8, 4) is 16.9 Å². The second-order valence-electron chi connectivity index (χ2n) is 6.28. The highest BCUT2D eigenvalue weighted by molar-refractivity contribution is 7.78. The van der Waals surface area contributed by atoms with Crippen LogP contribution in [0.2, 0.25) is 0 Å². The van der Waals surface area contributed by atoms with Crippen LogP contribution in [0.3, 0.4) is 0 Å². The molecule has 0 heterocycles. The van der Waals surface area contributed by atoms with Gasteiger partial charge >= 0.3 is 6.36 Å². The van der Waals surface area contributed by atoms with Crippen molar-refractivity contribution in [2.75, 3.05) is 0 Å². The van der Waals surface area contributed by atoms with Crippen molar-refractivity contribution in [3.05, 3.63) is 53.6 Å². The van der Waals surface area contributed by atoms with Gasteiger partial charge in [-0.1, -0.05) is 18.2 Å². The third-order valence-electron chi connectivity index (χ3n) is 4.32. The first kappa shape index (κ1) is 20.4. The third kappa shape index (κ3) is 5.13. The van der Waals surface area contributed by atoms with Crippen LogP contribution < -0.4 is 4.74 Å². The predicted molar refractivity (Wildman–Crippen MR) is 95.1 cm³/mol. The smallest absolute Gasteiger partial charge is 0.403 e. The van der Waals surface area contributed by atoms with Gasteiger partial charge in [0.1, 0.15) is 5.82 Å². The summed E-state index contributed by atoms with van der Waals surface area (Å²) >= 11 is 4.53. The number of benzene rings is 2. The van der Waals surface area contributed by atoms with E-state index in [0.717, 1.165) is 12.1 Å². The Morgan fingerprint density at radius 1 is 1.04 bits per heavy atom. The van der Waals surface area contributed by atoms with Gasteiger partial charge in [-0.15, -0.1) is 13.2 Å². The molecule has 0 bridgehead atoms. The van der Waals surface area contributed by atoms with E-state index in [4.69, 9.17) is 4.74 Å². The molecule has 1 aliphatic carbocycles. The van der Waals surface area contributed by atoms with Gasteiger partial charge in [-0.05, 0) is 54.4 Å². The van der Waals surface area contributed by atoms with E-state index in [0.29, 0.717) is 24.0 Å². The van der Waals surface area contributed by atoms with Crippen LogP contribution >= 0.6 is 12.2 Å². The molecule has 0 aliphatic heterocycles. The molecule has 0 spiro atoms. The van der Waals surface area contributed by atoms with Crippen LogP contribution in [-0.4, -0.2) is 23.7 Å². The standard InChI is InChI=1S/C19H14F5NO2S/c20-16-5-11(12-3-4-18(17(21)6-12)27-19(22,23)24)1-2-13(16)9-26-15-7-14(8-15)25-10-28/h1-6,14-15H,7-9H2. The maximum absolute atomic E-state index is 14.3. The number of aliphatic imine (C=N–C) groups is 1. The molecule has 0 unspecified atom stereocenters. The van der Waals surface area contributed by atoms with Gasteiger partial charge in [0.2, 0.25) is 0 Å². The van der Waals surface area contributed by atoms with Gasteiger partial charge in [0.05, 0.1) is 23.9 Å². The average molecular weight is 415 g/mol. The van der Waals surface area contributed by atoms with E-state index < -0.39 is 23.7 Å². The van der Waals surface area contributed by atoms with Crippen LogP contribution in [0.4, 0.5) is 22.0 Å². The Balaban J connectivity index is 1.65. The van der Waals surface area contributed by atoms with Gasteiger partial charge in [-0.3, -0.25) is 0 Å². The van der Waals surface area contributed by atoms with Crippen LogP contribution in [0, 0.1) is 11.6 Å². The lowest BCUT2D eigenvalue weighted by molar-refractivity contribution is -0.275. The second-order valence-corrected chi connectivity index (χ2v) is 6.46. The first-order valence-corrected chi connectivity index (χ1v) is 8.68. The minimum Gasteiger partial charge on any atom is -0.403 e. The van der Waals surface area contributed by atoms with Crippen LogP contribution in [0.1, 0.15) is 18.4 Å². The monoisotopic (exact) mass is 415 g/mol. The lowest BCUT2D eigenvalue weighted by Crippen LogP contribution is -2.34. The SMILES string of the molecule is Fc1cc(-c2ccc(OC(F)(F)F)c(F)c2)ccc1COC1CC(N=C=S)C1. The number of nitrogens with zero attached hydrogens (tertiary/aromatic N) is 1. The zero-order chi connectivity index (χ0) is 20.3. The quantitative estimate of drug-likeness (QED) is 0.346. The highest BCUT2D eigenvalue weighted by Crippen LogP contribution is 2.31. The Labute approximate surface area is 162 Å². The predicted octanol–water partition coefficient (Wildman–Crippen LogP) is 5.68. The fourth-order valence-electron chi connectivity index (χ4n) is 2.79. The molecule has 2 aromatic rings. The fraction of sp³-hybridized carbons (Fsp3) is 0.316. The van der Waals surface area contributed by atoms with E-state index in [1.165, 1.54) is 18.2 Å². The van der Waals surface area contributed by atoms with Crippen molar-refractivity contribution in [1.82, 2.24) is 0 Å². The molecule has 0 atom stereocenters. The summed E-state index contributed by atoms with van der Waals surface area (Å²) in [4.78, 5) is 3.94. The number of thiocarbonyl (C=S) groups is 1. The van der Waals surface area contributed by atoms with Gasteiger partial charge in [-0.25, -0.2) is 13.8 Å². The number of hydrogen-bond acceptors (Lipinski definition) is 4. The maximum Gasteiger partial charge on any atom is 0.573 e. The summed E-state index contributed by atoms with van der Waals surface area (Å²) in [5, 5.41) is 2.32. The van der Waals surface area contributed by atoms with Crippen molar-refractivity contribution in [2.24, 2.45) is 4.99 Å². The van der Waals surface area contributed by atoms with E-state index in [1.807, 2.05) is 0 Å². The number of rotatable bonds is 6. The van der Waals surface area contributed by atoms with Crippen LogP contribution in [0.5, 0.6) is 5.75 Å². The summed E-state index contributed by atoms with van der Waals surface area (Å²) in [6.45, 7) is 0.0670. The van der Waals surface area contributed by atoms with Gasteiger partial charge in [0.15, 0.2) is 11.6 Å². The molecule has 1 aliphatic rings. The molecule has 3 rings (SSSR count). The first-order valence-electron chi connectivity index (χ1n) is 8.28. The Hall–Kier alpha value is -2.35. The van der Waals surface area contributed by atoms with Crippen LogP contribution in [-0.2, 0) is 11.3 Å². The summed E-state index contributed by atoms with van der Waals surface area (Å²) in [6, 6.07) is 7.25. The Kier molecular flexibility index (Phi) is 6.07.